The minimum Gasteiger partial charge on any atom is -0.394 e. The van der Waals surface area contributed by atoms with Crippen molar-refractivity contribution in [2.45, 2.75) is 63.1 Å². The summed E-state index contributed by atoms with van der Waals surface area (Å²) in [6.45, 7) is 3.70. The molecule has 16 heteroatoms. The van der Waals surface area contributed by atoms with Gasteiger partial charge < -0.3 is 57.4 Å². The van der Waals surface area contributed by atoms with Crippen molar-refractivity contribution in [3.8, 4) is 0 Å². The molecule has 262 valence electrons. The number of likely N-dealkylation sites (tertiary alicyclic amines) is 1. The van der Waals surface area contributed by atoms with E-state index in [-0.39, 0.29) is 59.9 Å². The minimum absolute atomic E-state index is 0.0327. The molecule has 0 radical (unpaired) electrons. The quantitative estimate of drug-likeness (QED) is 0.0868. The number of aliphatic hydroxyl groups excluding tert-OH is 5. The summed E-state index contributed by atoms with van der Waals surface area (Å²) in [4.78, 5) is 37.8. The van der Waals surface area contributed by atoms with Gasteiger partial charge in [0.25, 0.3) is 5.91 Å². The summed E-state index contributed by atoms with van der Waals surface area (Å²) < 4.78 is 0. The van der Waals surface area contributed by atoms with Crippen molar-refractivity contribution in [1.29, 1.82) is 0 Å². The number of nitrogens with two attached hydrogens (primary N) is 2. The van der Waals surface area contributed by atoms with Crippen molar-refractivity contribution in [1.82, 2.24) is 30.4 Å². The lowest BCUT2D eigenvalue weighted by atomic mass is 9.94. The van der Waals surface area contributed by atoms with Gasteiger partial charge in [-0.05, 0) is 50.3 Å². The molecule has 0 bridgehead atoms. The summed E-state index contributed by atoms with van der Waals surface area (Å²) in [5.74, 6) is -0.611. The molecule has 11 N–H and O–H groups in total. The molecule has 2 amide bonds. The monoisotopic (exact) mass is 680 g/mol. The van der Waals surface area contributed by atoms with Gasteiger partial charge in [-0.2, -0.15) is 0 Å². The van der Waals surface area contributed by atoms with E-state index in [9.17, 15) is 30.0 Å². The highest BCUT2D eigenvalue weighted by molar-refractivity contribution is 6.31. The number of aromatic nitrogens is 2. The van der Waals surface area contributed by atoms with Crippen molar-refractivity contribution in [3.05, 3.63) is 46.2 Å². The van der Waals surface area contributed by atoms with Gasteiger partial charge in [-0.15, -0.1) is 0 Å². The van der Waals surface area contributed by atoms with Crippen LogP contribution in [-0.4, -0.2) is 140 Å². The Morgan fingerprint density at radius 1 is 1.04 bits per heavy atom. The Kier molecular flexibility index (Phi) is 15.0. The molecule has 1 unspecified atom stereocenters. The number of amides is 2. The second kappa shape index (κ2) is 18.4. The molecular formula is C31H49ClN8O7. The standard InChI is InChI=1S/C31H49ClN8O7/c1-18-5-3-4-6-20(18)13-19(14-36-31(47)25-29(33)38-30(34)28(32)37-25)16-39(2)21-8-11-40(12-9-21)24(44)7-10-35-15-22(42)26(45)27(46)23(43)17-41/h3-6,19,21-23,26-27,35,41-43,45-46H,7-17H2,1-2H3,(H,36,47)(H4,33,34,38)/t19?,22-,23+,26+,27+/m0/s1. The molecule has 1 aromatic carbocycles. The van der Waals surface area contributed by atoms with Gasteiger partial charge in [0.2, 0.25) is 5.91 Å². The van der Waals surface area contributed by atoms with Crippen LogP contribution in [-0.2, 0) is 11.2 Å². The summed E-state index contributed by atoms with van der Waals surface area (Å²) >= 11 is 5.97. The number of aliphatic hydroxyl groups is 5. The highest BCUT2D eigenvalue weighted by atomic mass is 35.5. The van der Waals surface area contributed by atoms with Crippen LogP contribution in [0.25, 0.3) is 0 Å². The van der Waals surface area contributed by atoms with Gasteiger partial charge in [-0.3, -0.25) is 9.59 Å². The van der Waals surface area contributed by atoms with Crippen LogP contribution in [0.1, 0.15) is 40.9 Å². The number of benzene rings is 1. The fourth-order valence-electron chi connectivity index (χ4n) is 5.68. The highest BCUT2D eigenvalue weighted by Crippen LogP contribution is 2.21. The Balaban J connectivity index is 1.49. The molecule has 47 heavy (non-hydrogen) atoms. The molecule has 0 aliphatic carbocycles. The zero-order chi connectivity index (χ0) is 34.7. The summed E-state index contributed by atoms with van der Waals surface area (Å²) in [5.41, 5.74) is 13.8. The largest absolute Gasteiger partial charge is 0.394 e. The first kappa shape index (κ1) is 38.3. The summed E-state index contributed by atoms with van der Waals surface area (Å²) in [6, 6.07) is 8.37. The van der Waals surface area contributed by atoms with Crippen LogP contribution < -0.4 is 22.1 Å². The van der Waals surface area contributed by atoms with Crippen LogP contribution in [0.4, 0.5) is 11.6 Å². The molecular weight excluding hydrogens is 632 g/mol. The number of aryl methyl sites for hydroxylation is 1. The molecule has 1 saturated heterocycles. The van der Waals surface area contributed by atoms with Gasteiger partial charge in [0, 0.05) is 51.7 Å². The summed E-state index contributed by atoms with van der Waals surface area (Å²) in [6.07, 6.45) is -3.82. The number of nitrogens with one attached hydrogen (secondary N) is 2. The number of halogens is 1. The Hall–Kier alpha value is -3.15. The van der Waals surface area contributed by atoms with Crippen LogP contribution in [0.2, 0.25) is 5.15 Å². The average molecular weight is 681 g/mol. The van der Waals surface area contributed by atoms with Gasteiger partial charge >= 0.3 is 0 Å². The number of nitrogens with zero attached hydrogens (tertiary/aromatic N) is 4. The number of carbonyl (C=O) groups is 2. The van der Waals surface area contributed by atoms with Crippen molar-refractivity contribution in [2.75, 3.05) is 64.4 Å². The first-order chi connectivity index (χ1) is 22.3. The maximum Gasteiger partial charge on any atom is 0.273 e. The fourth-order valence-corrected chi connectivity index (χ4v) is 5.81. The molecule has 2 aromatic rings. The van der Waals surface area contributed by atoms with E-state index in [0.29, 0.717) is 26.2 Å². The predicted octanol–water partition coefficient (Wildman–Crippen LogP) is -1.47. The molecule has 1 fully saturated rings. The Labute approximate surface area is 279 Å². The van der Waals surface area contributed by atoms with Crippen LogP contribution in [0.5, 0.6) is 0 Å². The van der Waals surface area contributed by atoms with Gasteiger partial charge in [-0.25, -0.2) is 9.97 Å². The molecule has 2 heterocycles. The number of anilines is 2. The van der Waals surface area contributed by atoms with Gasteiger partial charge in [-0.1, -0.05) is 35.9 Å². The molecule has 5 atom stereocenters. The Morgan fingerprint density at radius 2 is 1.70 bits per heavy atom. The van der Waals surface area contributed by atoms with E-state index >= 15 is 0 Å². The number of nitrogen functional groups attached to an aromatic ring is 2. The average Bonchev–Trinajstić information content (AvgIpc) is 3.06. The van der Waals surface area contributed by atoms with Crippen molar-refractivity contribution in [3.63, 3.8) is 0 Å². The zero-order valence-corrected chi connectivity index (χ0v) is 27.7. The van der Waals surface area contributed by atoms with E-state index in [1.807, 2.05) is 17.0 Å². The van der Waals surface area contributed by atoms with E-state index in [0.717, 1.165) is 24.8 Å². The second-order valence-corrected chi connectivity index (χ2v) is 12.5. The Bertz CT molecular complexity index is 1320. The normalized spacial score (nSPS) is 17.3. The highest BCUT2D eigenvalue weighted by Gasteiger charge is 2.30. The molecule has 0 saturated carbocycles. The number of rotatable bonds is 17. The molecule has 1 aliphatic heterocycles. The summed E-state index contributed by atoms with van der Waals surface area (Å²) in [7, 11) is 2.05. The lowest BCUT2D eigenvalue weighted by Crippen LogP contribution is -2.49. The second-order valence-electron chi connectivity index (χ2n) is 12.1. The smallest absolute Gasteiger partial charge is 0.273 e. The predicted molar refractivity (Wildman–Crippen MR) is 177 cm³/mol. The van der Waals surface area contributed by atoms with Crippen LogP contribution >= 0.6 is 11.6 Å². The molecule has 0 spiro atoms. The number of hydrogen-bond acceptors (Lipinski definition) is 13. The molecule has 3 rings (SSSR count). The SMILES string of the molecule is Cc1ccccc1CC(CNC(=O)c1nc(Cl)c(N)nc1N)CN(C)C1CCN(C(=O)CCNC[C@H](O)[C@@H](O)[C@H](O)[C@H](O)CO)CC1. The van der Waals surface area contributed by atoms with Crippen molar-refractivity contribution < 1.29 is 35.1 Å². The topological polar surface area (TPSA) is 244 Å². The number of carbonyl (C=O) groups excluding carboxylic acids is 2. The lowest BCUT2D eigenvalue weighted by molar-refractivity contribution is -0.132. The maximum absolute atomic E-state index is 13.0. The van der Waals surface area contributed by atoms with Crippen molar-refractivity contribution in [2.24, 2.45) is 5.92 Å². The molecule has 15 nitrogen and oxygen atoms in total. The lowest BCUT2D eigenvalue weighted by Gasteiger charge is -2.38. The van der Waals surface area contributed by atoms with E-state index in [4.69, 9.17) is 28.2 Å². The van der Waals surface area contributed by atoms with Gasteiger partial charge in [0.1, 0.15) is 18.3 Å². The maximum atomic E-state index is 13.0. The van der Waals surface area contributed by atoms with Crippen LogP contribution in [0.15, 0.2) is 24.3 Å². The fraction of sp³-hybridized carbons (Fsp3) is 0.613. The molecule has 1 aromatic heterocycles. The van der Waals surface area contributed by atoms with Gasteiger partial charge in [0.15, 0.2) is 22.5 Å². The third-order valence-corrected chi connectivity index (χ3v) is 8.90. The molecule has 1 aliphatic rings. The number of piperidine rings is 1. The first-order valence-corrected chi connectivity index (χ1v) is 16.1. The third-order valence-electron chi connectivity index (χ3n) is 8.62. The van der Waals surface area contributed by atoms with E-state index in [1.165, 1.54) is 5.56 Å². The van der Waals surface area contributed by atoms with E-state index in [2.05, 4.69) is 51.6 Å². The van der Waals surface area contributed by atoms with Crippen LogP contribution in [0.3, 0.4) is 0 Å². The van der Waals surface area contributed by atoms with E-state index in [1.54, 1.807) is 0 Å². The zero-order valence-electron chi connectivity index (χ0n) is 26.9. The Morgan fingerprint density at radius 3 is 2.36 bits per heavy atom. The van der Waals surface area contributed by atoms with Crippen LogP contribution in [0, 0.1) is 12.8 Å². The minimum atomic E-state index is -1.70. The third kappa shape index (κ3) is 11.2. The summed E-state index contributed by atoms with van der Waals surface area (Å²) in [5, 5.41) is 53.7. The first-order valence-electron chi connectivity index (χ1n) is 15.7. The van der Waals surface area contributed by atoms with Crippen molar-refractivity contribution >= 4 is 35.1 Å². The van der Waals surface area contributed by atoms with E-state index < -0.39 is 36.9 Å². The van der Waals surface area contributed by atoms with Gasteiger partial charge in [0.05, 0.1) is 12.7 Å². The number of hydrogen-bond donors (Lipinski definition) is 9.